The SMILES string of the molecule is COCCOc1ccc(NC(=O)c2cc(-c3ccc4ncnn4c3)n(-c3cccc(C)n3)n2)cc1. The number of carbonyl (C=O) groups excluding carboxylic acids is 1. The Hall–Kier alpha value is -4.57. The van der Waals surface area contributed by atoms with Gasteiger partial charge in [0.1, 0.15) is 18.7 Å². The van der Waals surface area contributed by atoms with Gasteiger partial charge in [-0.1, -0.05) is 6.07 Å². The smallest absolute Gasteiger partial charge is 0.276 e. The number of amides is 1. The third-order valence-electron chi connectivity index (χ3n) is 5.27. The molecule has 0 aliphatic heterocycles. The lowest BCUT2D eigenvalue weighted by Gasteiger charge is -2.08. The van der Waals surface area contributed by atoms with Gasteiger partial charge in [0.15, 0.2) is 17.2 Å². The van der Waals surface area contributed by atoms with Crippen molar-refractivity contribution in [2.75, 3.05) is 25.6 Å². The van der Waals surface area contributed by atoms with E-state index >= 15 is 0 Å². The van der Waals surface area contributed by atoms with Crippen molar-refractivity contribution in [1.82, 2.24) is 29.4 Å². The van der Waals surface area contributed by atoms with E-state index in [-0.39, 0.29) is 11.6 Å². The number of aromatic nitrogens is 6. The summed E-state index contributed by atoms with van der Waals surface area (Å²) in [6, 6.07) is 18.3. The Labute approximate surface area is 201 Å². The highest BCUT2D eigenvalue weighted by atomic mass is 16.5. The second kappa shape index (κ2) is 9.74. The molecule has 10 nitrogen and oxygen atoms in total. The normalized spacial score (nSPS) is 11.0. The molecule has 4 heterocycles. The summed E-state index contributed by atoms with van der Waals surface area (Å²) < 4.78 is 13.9. The van der Waals surface area contributed by atoms with E-state index in [0.717, 1.165) is 16.9 Å². The van der Waals surface area contributed by atoms with Crippen molar-refractivity contribution in [2.45, 2.75) is 6.92 Å². The van der Waals surface area contributed by atoms with E-state index in [4.69, 9.17) is 9.47 Å². The van der Waals surface area contributed by atoms with E-state index in [9.17, 15) is 4.79 Å². The van der Waals surface area contributed by atoms with Gasteiger partial charge in [-0.15, -0.1) is 0 Å². The number of hydrogen-bond acceptors (Lipinski definition) is 7. The zero-order valence-electron chi connectivity index (χ0n) is 19.3. The molecule has 0 fully saturated rings. The molecule has 0 saturated carbocycles. The van der Waals surface area contributed by atoms with E-state index < -0.39 is 0 Å². The Morgan fingerprint density at radius 2 is 1.91 bits per heavy atom. The largest absolute Gasteiger partial charge is 0.491 e. The van der Waals surface area contributed by atoms with Crippen molar-refractivity contribution in [3.63, 3.8) is 0 Å². The van der Waals surface area contributed by atoms with Gasteiger partial charge in [0.2, 0.25) is 0 Å². The average molecular weight is 470 g/mol. The summed E-state index contributed by atoms with van der Waals surface area (Å²) in [4.78, 5) is 21.9. The number of benzene rings is 1. The number of hydrogen-bond donors (Lipinski definition) is 1. The highest BCUT2D eigenvalue weighted by Crippen LogP contribution is 2.25. The van der Waals surface area contributed by atoms with Crippen molar-refractivity contribution < 1.29 is 14.3 Å². The minimum atomic E-state index is -0.340. The topological polar surface area (TPSA) is 108 Å². The molecule has 0 aliphatic carbocycles. The molecule has 0 radical (unpaired) electrons. The van der Waals surface area contributed by atoms with Gasteiger partial charge in [0.05, 0.1) is 12.3 Å². The van der Waals surface area contributed by atoms with Gasteiger partial charge in [-0.3, -0.25) is 4.79 Å². The first-order valence-corrected chi connectivity index (χ1v) is 11.0. The van der Waals surface area contributed by atoms with Gasteiger partial charge in [0.25, 0.3) is 5.91 Å². The first-order chi connectivity index (χ1) is 17.1. The summed E-state index contributed by atoms with van der Waals surface area (Å²) in [6.45, 7) is 2.86. The Morgan fingerprint density at radius 1 is 1.06 bits per heavy atom. The number of nitrogens with zero attached hydrogens (tertiary/aromatic N) is 6. The molecule has 5 aromatic rings. The molecule has 1 N–H and O–H groups in total. The summed E-state index contributed by atoms with van der Waals surface area (Å²) >= 11 is 0. The molecule has 10 heteroatoms. The quantitative estimate of drug-likeness (QED) is 0.346. The molecule has 1 amide bonds. The second-order valence-corrected chi connectivity index (χ2v) is 7.76. The van der Waals surface area contributed by atoms with Gasteiger partial charge in [-0.25, -0.2) is 19.2 Å². The summed E-state index contributed by atoms with van der Waals surface area (Å²) in [5, 5.41) is 11.7. The Balaban J connectivity index is 1.45. The summed E-state index contributed by atoms with van der Waals surface area (Å²) in [7, 11) is 1.62. The highest BCUT2D eigenvalue weighted by Gasteiger charge is 2.18. The molecule has 0 bridgehead atoms. The molecule has 176 valence electrons. The minimum Gasteiger partial charge on any atom is -0.491 e. The standard InChI is InChI=1S/C25H23N7O3/c1-17-4-3-5-24(28-17)32-22(18-6-11-23-26-16-27-31(23)15-18)14-21(30-32)25(33)29-19-7-9-20(10-8-19)35-13-12-34-2/h3-11,14-16H,12-13H2,1-2H3,(H,29,33). The lowest BCUT2D eigenvalue weighted by Crippen LogP contribution is -2.13. The van der Waals surface area contributed by atoms with Crippen molar-refractivity contribution in [2.24, 2.45) is 0 Å². The fraction of sp³-hybridized carbons (Fsp3) is 0.160. The molecule has 0 aliphatic rings. The molecular formula is C25H23N7O3. The maximum atomic E-state index is 13.1. The number of pyridine rings is 2. The molecule has 0 saturated heterocycles. The van der Waals surface area contributed by atoms with E-state index in [1.165, 1.54) is 6.33 Å². The van der Waals surface area contributed by atoms with E-state index in [0.29, 0.717) is 36.2 Å². The Kier molecular flexibility index (Phi) is 6.18. The van der Waals surface area contributed by atoms with Crippen LogP contribution in [0, 0.1) is 6.92 Å². The van der Waals surface area contributed by atoms with Gasteiger partial charge >= 0.3 is 0 Å². The molecule has 0 unspecified atom stereocenters. The summed E-state index contributed by atoms with van der Waals surface area (Å²) in [5.41, 5.74) is 3.96. The maximum Gasteiger partial charge on any atom is 0.276 e. The van der Waals surface area contributed by atoms with Crippen LogP contribution in [-0.2, 0) is 4.74 Å². The van der Waals surface area contributed by atoms with Crippen molar-refractivity contribution in [1.29, 1.82) is 0 Å². The molecule has 0 spiro atoms. The minimum absolute atomic E-state index is 0.252. The van der Waals surface area contributed by atoms with Gasteiger partial charge in [-0.05, 0) is 61.5 Å². The number of carbonyl (C=O) groups is 1. The fourth-order valence-electron chi connectivity index (χ4n) is 3.56. The predicted octanol–water partition coefficient (Wildman–Crippen LogP) is 3.56. The van der Waals surface area contributed by atoms with Crippen LogP contribution in [0.2, 0.25) is 0 Å². The lowest BCUT2D eigenvalue weighted by atomic mass is 10.2. The molecule has 5 rings (SSSR count). The van der Waals surface area contributed by atoms with Gasteiger partial charge in [-0.2, -0.15) is 10.2 Å². The number of aryl methyl sites for hydroxylation is 1. The number of rotatable bonds is 8. The van der Waals surface area contributed by atoms with Crippen LogP contribution in [0.5, 0.6) is 5.75 Å². The zero-order valence-corrected chi connectivity index (χ0v) is 19.3. The van der Waals surface area contributed by atoms with Crippen LogP contribution >= 0.6 is 0 Å². The predicted molar refractivity (Wildman–Crippen MR) is 130 cm³/mol. The van der Waals surface area contributed by atoms with Crippen molar-refractivity contribution in [3.8, 4) is 22.8 Å². The Morgan fingerprint density at radius 3 is 2.71 bits per heavy atom. The van der Waals surface area contributed by atoms with E-state index in [1.807, 2.05) is 43.5 Å². The molecule has 35 heavy (non-hydrogen) atoms. The van der Waals surface area contributed by atoms with Crippen LogP contribution < -0.4 is 10.1 Å². The number of anilines is 1. The van der Waals surface area contributed by atoms with Crippen LogP contribution in [0.25, 0.3) is 22.7 Å². The van der Waals surface area contributed by atoms with Crippen molar-refractivity contribution >= 4 is 17.2 Å². The van der Waals surface area contributed by atoms with Crippen LogP contribution in [0.3, 0.4) is 0 Å². The third kappa shape index (κ3) is 4.87. The zero-order chi connectivity index (χ0) is 24.2. The van der Waals surface area contributed by atoms with Crippen molar-refractivity contribution in [3.05, 3.63) is 84.6 Å². The Bertz CT molecular complexity index is 1470. The molecular weight excluding hydrogens is 446 g/mol. The first kappa shape index (κ1) is 22.2. The third-order valence-corrected chi connectivity index (χ3v) is 5.27. The number of methoxy groups -OCH3 is 1. The molecule has 1 aromatic carbocycles. The van der Waals surface area contributed by atoms with E-state index in [1.54, 1.807) is 46.6 Å². The monoisotopic (exact) mass is 469 g/mol. The van der Waals surface area contributed by atoms with Gasteiger partial charge in [0, 0.05) is 30.3 Å². The first-order valence-electron chi connectivity index (χ1n) is 11.0. The van der Waals surface area contributed by atoms with Crippen LogP contribution in [-0.4, -0.2) is 55.6 Å². The molecule has 0 atom stereocenters. The van der Waals surface area contributed by atoms with Gasteiger partial charge < -0.3 is 14.8 Å². The van der Waals surface area contributed by atoms with Crippen LogP contribution in [0.1, 0.15) is 16.2 Å². The highest BCUT2D eigenvalue weighted by molar-refractivity contribution is 6.03. The maximum absolute atomic E-state index is 13.1. The molecule has 4 aromatic heterocycles. The lowest BCUT2D eigenvalue weighted by molar-refractivity contribution is 0.102. The van der Waals surface area contributed by atoms with Crippen LogP contribution in [0.15, 0.2) is 73.2 Å². The van der Waals surface area contributed by atoms with E-state index in [2.05, 4.69) is 25.5 Å². The number of fused-ring (bicyclic) bond motifs is 1. The average Bonchev–Trinajstić information content (AvgIpc) is 3.52. The number of nitrogens with one attached hydrogen (secondary N) is 1. The van der Waals surface area contributed by atoms with Crippen LogP contribution in [0.4, 0.5) is 5.69 Å². The summed E-state index contributed by atoms with van der Waals surface area (Å²) in [6.07, 6.45) is 3.33. The summed E-state index contributed by atoms with van der Waals surface area (Å²) in [5.74, 6) is 0.962. The second-order valence-electron chi connectivity index (χ2n) is 7.76. The fourth-order valence-corrected chi connectivity index (χ4v) is 3.56. The number of ether oxygens (including phenoxy) is 2.